The van der Waals surface area contributed by atoms with E-state index in [1.807, 2.05) is 24.3 Å². The van der Waals surface area contributed by atoms with Crippen molar-refractivity contribution < 1.29 is 15.0 Å². The van der Waals surface area contributed by atoms with Gasteiger partial charge in [0, 0.05) is 22.6 Å². The number of nitrogens with zero attached hydrogens (tertiary/aromatic N) is 2. The zero-order valence-corrected chi connectivity index (χ0v) is 14.8. The second-order valence-corrected chi connectivity index (χ2v) is 6.39. The molecule has 0 radical (unpaired) electrons. The number of benzene rings is 2. The first-order chi connectivity index (χ1) is 12.6. The van der Waals surface area contributed by atoms with Crippen molar-refractivity contribution in [1.29, 1.82) is 0 Å². The molecule has 1 heterocycles. The van der Waals surface area contributed by atoms with E-state index in [2.05, 4.69) is 22.4 Å². The molecule has 0 aliphatic heterocycles. The highest BCUT2D eigenvalue weighted by atomic mass is 32.1. The van der Waals surface area contributed by atoms with Crippen molar-refractivity contribution in [3.8, 4) is 22.1 Å². The number of rotatable bonds is 5. The minimum absolute atomic E-state index is 0.0503. The van der Waals surface area contributed by atoms with Crippen LogP contribution in [0, 0.1) is 0 Å². The molecule has 0 atom stereocenters. The van der Waals surface area contributed by atoms with E-state index >= 15 is 0 Å². The Morgan fingerprint density at radius 3 is 2.69 bits per heavy atom. The third kappa shape index (κ3) is 4.07. The van der Waals surface area contributed by atoms with Gasteiger partial charge in [-0.15, -0.1) is 11.3 Å². The van der Waals surface area contributed by atoms with Gasteiger partial charge >= 0.3 is 0 Å². The maximum Gasteiger partial charge on any atom is 0.290 e. The lowest BCUT2D eigenvalue weighted by Gasteiger charge is -2.00. The van der Waals surface area contributed by atoms with E-state index in [1.54, 1.807) is 5.38 Å². The van der Waals surface area contributed by atoms with E-state index in [1.165, 1.54) is 41.3 Å². The number of aryl methyl sites for hydroxylation is 1. The van der Waals surface area contributed by atoms with E-state index < -0.39 is 5.91 Å². The van der Waals surface area contributed by atoms with E-state index in [4.69, 9.17) is 0 Å². The predicted molar refractivity (Wildman–Crippen MR) is 102 cm³/mol. The molecule has 7 heteroatoms. The molecule has 0 bridgehead atoms. The molecule has 0 unspecified atom stereocenters. The molecular formula is C19H17N3O3S. The monoisotopic (exact) mass is 367 g/mol. The molecule has 0 spiro atoms. The molecule has 0 aliphatic carbocycles. The summed E-state index contributed by atoms with van der Waals surface area (Å²) in [6.45, 7) is 2.10. The van der Waals surface area contributed by atoms with Crippen LogP contribution in [0.5, 0.6) is 11.5 Å². The largest absolute Gasteiger partial charge is 0.508 e. The molecule has 26 heavy (non-hydrogen) atoms. The number of aromatic hydroxyl groups is 2. The van der Waals surface area contributed by atoms with Gasteiger partial charge in [0.05, 0.1) is 6.21 Å². The Balaban J connectivity index is 1.66. The van der Waals surface area contributed by atoms with Crippen molar-refractivity contribution in [2.75, 3.05) is 0 Å². The standard InChI is InChI=1S/C19H17N3O3S/c1-2-12-3-5-13(6-4-12)19-21-16(11-26-19)18(25)22-20-10-14-7-8-15(23)9-17(14)24/h3-11,23-24H,2H2,1H3,(H,22,25)/b20-10+. The lowest BCUT2D eigenvalue weighted by Crippen LogP contribution is -2.17. The Bertz CT molecular complexity index is 949. The molecule has 3 rings (SSSR count). The molecule has 6 nitrogen and oxygen atoms in total. The minimum Gasteiger partial charge on any atom is -0.508 e. The van der Waals surface area contributed by atoms with Crippen LogP contribution in [-0.2, 0) is 6.42 Å². The van der Waals surface area contributed by atoms with Crippen LogP contribution in [0.2, 0.25) is 0 Å². The summed E-state index contributed by atoms with van der Waals surface area (Å²) in [5.74, 6) is -0.618. The van der Waals surface area contributed by atoms with Crippen LogP contribution in [0.1, 0.15) is 28.5 Å². The van der Waals surface area contributed by atoms with E-state index in [0.29, 0.717) is 5.56 Å². The van der Waals surface area contributed by atoms with Crippen LogP contribution in [0.4, 0.5) is 0 Å². The first kappa shape index (κ1) is 17.6. The van der Waals surface area contributed by atoms with Crippen molar-refractivity contribution >= 4 is 23.5 Å². The number of phenolic OH excluding ortho intramolecular Hbond substituents is 2. The summed E-state index contributed by atoms with van der Waals surface area (Å²) in [6, 6.07) is 12.2. The number of carbonyl (C=O) groups is 1. The van der Waals surface area contributed by atoms with Gasteiger partial charge in [-0.2, -0.15) is 5.10 Å². The average molecular weight is 367 g/mol. The fraction of sp³-hybridized carbons (Fsp3) is 0.105. The lowest BCUT2D eigenvalue weighted by molar-refractivity contribution is 0.0951. The molecule has 3 aromatic rings. The highest BCUT2D eigenvalue weighted by Crippen LogP contribution is 2.24. The van der Waals surface area contributed by atoms with Gasteiger partial charge in [0.2, 0.25) is 0 Å². The van der Waals surface area contributed by atoms with Gasteiger partial charge in [-0.05, 0) is 24.1 Å². The molecule has 0 saturated carbocycles. The zero-order valence-electron chi connectivity index (χ0n) is 14.0. The summed E-state index contributed by atoms with van der Waals surface area (Å²) in [5, 5.41) is 25.2. The highest BCUT2D eigenvalue weighted by molar-refractivity contribution is 7.13. The second-order valence-electron chi connectivity index (χ2n) is 5.53. The van der Waals surface area contributed by atoms with Crippen molar-refractivity contribution in [3.63, 3.8) is 0 Å². The van der Waals surface area contributed by atoms with Crippen LogP contribution in [0.15, 0.2) is 52.9 Å². The van der Waals surface area contributed by atoms with Crippen molar-refractivity contribution in [1.82, 2.24) is 10.4 Å². The van der Waals surface area contributed by atoms with Crippen molar-refractivity contribution in [2.45, 2.75) is 13.3 Å². The van der Waals surface area contributed by atoms with Crippen LogP contribution >= 0.6 is 11.3 Å². The first-order valence-corrected chi connectivity index (χ1v) is 8.85. The summed E-state index contributed by atoms with van der Waals surface area (Å²) in [6.07, 6.45) is 2.27. The summed E-state index contributed by atoms with van der Waals surface area (Å²) in [5.41, 5.74) is 5.23. The number of thiazole rings is 1. The quantitative estimate of drug-likeness (QED) is 0.475. The summed E-state index contributed by atoms with van der Waals surface area (Å²) >= 11 is 1.39. The topological polar surface area (TPSA) is 94.8 Å². The van der Waals surface area contributed by atoms with Gasteiger partial charge in [0.15, 0.2) is 0 Å². The number of amides is 1. The minimum atomic E-state index is -0.438. The van der Waals surface area contributed by atoms with Crippen LogP contribution in [-0.4, -0.2) is 27.3 Å². The van der Waals surface area contributed by atoms with Gasteiger partial charge < -0.3 is 10.2 Å². The Kier molecular flexibility index (Phi) is 5.28. The van der Waals surface area contributed by atoms with Crippen LogP contribution in [0.25, 0.3) is 10.6 Å². The third-order valence-electron chi connectivity index (χ3n) is 3.73. The first-order valence-electron chi connectivity index (χ1n) is 7.97. The number of nitrogens with one attached hydrogen (secondary N) is 1. The fourth-order valence-corrected chi connectivity index (χ4v) is 3.06. The van der Waals surface area contributed by atoms with Crippen molar-refractivity contribution in [2.24, 2.45) is 5.10 Å². The number of hydrogen-bond donors (Lipinski definition) is 3. The summed E-state index contributed by atoms with van der Waals surface area (Å²) in [4.78, 5) is 16.5. The molecule has 132 valence electrons. The summed E-state index contributed by atoms with van der Waals surface area (Å²) in [7, 11) is 0. The number of hydrogen-bond acceptors (Lipinski definition) is 6. The number of hydrazone groups is 1. The molecule has 1 aromatic heterocycles. The Morgan fingerprint density at radius 1 is 1.23 bits per heavy atom. The van der Waals surface area contributed by atoms with Gasteiger partial charge in [-0.1, -0.05) is 31.2 Å². The van der Waals surface area contributed by atoms with Gasteiger partial charge in [0.25, 0.3) is 5.91 Å². The van der Waals surface area contributed by atoms with Crippen molar-refractivity contribution in [3.05, 3.63) is 64.7 Å². The molecule has 1 amide bonds. The fourth-order valence-electron chi connectivity index (χ4n) is 2.25. The maximum absolute atomic E-state index is 12.1. The highest BCUT2D eigenvalue weighted by Gasteiger charge is 2.11. The zero-order chi connectivity index (χ0) is 18.5. The summed E-state index contributed by atoms with van der Waals surface area (Å²) < 4.78 is 0. The number of phenols is 2. The Morgan fingerprint density at radius 2 is 2.00 bits per heavy atom. The van der Waals surface area contributed by atoms with E-state index in [-0.39, 0.29) is 17.2 Å². The Hall–Kier alpha value is -3.19. The van der Waals surface area contributed by atoms with E-state index in [0.717, 1.165) is 17.0 Å². The third-order valence-corrected chi connectivity index (χ3v) is 4.62. The normalized spacial score (nSPS) is 11.0. The predicted octanol–water partition coefficient (Wildman–Crippen LogP) is 3.55. The molecule has 2 aromatic carbocycles. The van der Waals surface area contributed by atoms with E-state index in [9.17, 15) is 15.0 Å². The SMILES string of the molecule is CCc1ccc(-c2nc(C(=O)N/N=C/c3ccc(O)cc3O)cs2)cc1. The maximum atomic E-state index is 12.1. The van der Waals surface area contributed by atoms with Gasteiger partial charge in [0.1, 0.15) is 22.2 Å². The molecule has 0 fully saturated rings. The number of aromatic nitrogens is 1. The van der Waals surface area contributed by atoms with Gasteiger partial charge in [-0.25, -0.2) is 10.4 Å². The van der Waals surface area contributed by atoms with Crippen LogP contribution < -0.4 is 5.43 Å². The molecule has 0 aliphatic rings. The molecule has 0 saturated heterocycles. The second kappa shape index (κ2) is 7.79. The smallest absolute Gasteiger partial charge is 0.290 e. The lowest BCUT2D eigenvalue weighted by atomic mass is 10.1. The van der Waals surface area contributed by atoms with Gasteiger partial charge in [-0.3, -0.25) is 4.79 Å². The molecule has 3 N–H and O–H groups in total. The number of carbonyl (C=O) groups excluding carboxylic acids is 1. The average Bonchev–Trinajstić information content (AvgIpc) is 3.14. The Labute approximate surface area is 154 Å². The molecular weight excluding hydrogens is 350 g/mol. The van der Waals surface area contributed by atoms with Crippen LogP contribution in [0.3, 0.4) is 0 Å².